The van der Waals surface area contributed by atoms with Gasteiger partial charge >= 0.3 is 6.03 Å². The average Bonchev–Trinajstić information content (AvgIpc) is 2.93. The van der Waals surface area contributed by atoms with Gasteiger partial charge in [-0.05, 0) is 23.3 Å². The van der Waals surface area contributed by atoms with E-state index in [1.165, 1.54) is 0 Å². The number of halogens is 2. The number of carbonyl (C=O) groups is 1. The van der Waals surface area contributed by atoms with Crippen molar-refractivity contribution in [3.63, 3.8) is 0 Å². The highest BCUT2D eigenvalue weighted by Gasteiger charge is 2.19. The summed E-state index contributed by atoms with van der Waals surface area (Å²) >= 11 is 12.1. The number of hydrogen-bond acceptors (Lipinski definition) is 3. The summed E-state index contributed by atoms with van der Waals surface area (Å²) in [5.41, 5.74) is 2.19. The van der Waals surface area contributed by atoms with Crippen molar-refractivity contribution >= 4 is 29.2 Å². The third-order valence-electron chi connectivity index (χ3n) is 4.66. The van der Waals surface area contributed by atoms with E-state index >= 15 is 0 Å². The highest BCUT2D eigenvalue weighted by atomic mass is 35.5. The van der Waals surface area contributed by atoms with E-state index < -0.39 is 0 Å². The van der Waals surface area contributed by atoms with Crippen molar-refractivity contribution in [2.24, 2.45) is 5.92 Å². The molecule has 2 aromatic rings. The minimum atomic E-state index is -0.163. The lowest BCUT2D eigenvalue weighted by Crippen LogP contribution is -2.41. The molecular weight excluding hydrogens is 397 g/mol. The monoisotopic (exact) mass is 421 g/mol. The first-order chi connectivity index (χ1) is 13.6. The summed E-state index contributed by atoms with van der Waals surface area (Å²) in [6.07, 6.45) is 0. The van der Waals surface area contributed by atoms with Crippen molar-refractivity contribution in [1.29, 1.82) is 0 Å². The van der Waals surface area contributed by atoms with Gasteiger partial charge < -0.3 is 15.4 Å². The molecule has 28 heavy (non-hydrogen) atoms. The van der Waals surface area contributed by atoms with Crippen LogP contribution >= 0.6 is 23.2 Å². The predicted octanol–water partition coefficient (Wildman–Crippen LogP) is 3.94. The lowest BCUT2D eigenvalue weighted by atomic mass is 10.1. The van der Waals surface area contributed by atoms with Gasteiger partial charge in [-0.3, -0.25) is 4.90 Å². The Kier molecular flexibility index (Phi) is 7.98. The molecule has 5 nitrogen and oxygen atoms in total. The Bertz CT molecular complexity index is 774. The van der Waals surface area contributed by atoms with Crippen molar-refractivity contribution in [2.45, 2.75) is 13.1 Å². The quantitative estimate of drug-likeness (QED) is 0.742. The van der Waals surface area contributed by atoms with Gasteiger partial charge in [0.2, 0.25) is 0 Å². The molecule has 0 spiro atoms. The average molecular weight is 422 g/mol. The Labute approximate surface area is 176 Å². The number of carbonyl (C=O) groups excluding carboxylic acids is 1. The second-order valence-corrected chi connectivity index (χ2v) is 7.79. The molecule has 2 aromatic carbocycles. The fraction of sp³-hybridized carbons (Fsp3) is 0.381. The molecule has 1 heterocycles. The molecule has 1 saturated heterocycles. The van der Waals surface area contributed by atoms with Crippen LogP contribution in [0.4, 0.5) is 4.79 Å². The molecule has 1 aliphatic heterocycles. The van der Waals surface area contributed by atoms with E-state index in [1.54, 1.807) is 0 Å². The van der Waals surface area contributed by atoms with Gasteiger partial charge in [-0.2, -0.15) is 0 Å². The summed E-state index contributed by atoms with van der Waals surface area (Å²) in [5.74, 6) is 0.229. The smallest absolute Gasteiger partial charge is 0.315 e. The molecule has 0 bridgehead atoms. The maximum atomic E-state index is 12.1. The Morgan fingerprint density at radius 3 is 2.68 bits per heavy atom. The third-order valence-corrected chi connectivity index (χ3v) is 5.40. The van der Waals surface area contributed by atoms with E-state index in [1.807, 2.05) is 48.5 Å². The van der Waals surface area contributed by atoms with E-state index in [2.05, 4.69) is 15.5 Å². The van der Waals surface area contributed by atoms with Crippen molar-refractivity contribution in [3.8, 4) is 0 Å². The van der Waals surface area contributed by atoms with Gasteiger partial charge in [0.1, 0.15) is 0 Å². The molecule has 1 fully saturated rings. The predicted molar refractivity (Wildman–Crippen MR) is 113 cm³/mol. The van der Waals surface area contributed by atoms with E-state index in [9.17, 15) is 4.79 Å². The summed E-state index contributed by atoms with van der Waals surface area (Å²) in [6, 6.07) is 15.4. The van der Waals surface area contributed by atoms with Crippen LogP contribution in [0.25, 0.3) is 0 Å². The maximum absolute atomic E-state index is 12.1. The molecular formula is C21H25Cl2N3O2. The third kappa shape index (κ3) is 6.67. The minimum Gasteiger partial charge on any atom is -0.380 e. The number of hydrogen-bond donors (Lipinski definition) is 2. The van der Waals surface area contributed by atoms with E-state index in [4.69, 9.17) is 27.9 Å². The van der Waals surface area contributed by atoms with Crippen molar-refractivity contribution in [1.82, 2.24) is 15.5 Å². The number of nitrogens with zero attached hydrogens (tertiary/aromatic N) is 1. The van der Waals surface area contributed by atoms with Gasteiger partial charge in [-0.25, -0.2) is 4.79 Å². The highest BCUT2D eigenvalue weighted by molar-refractivity contribution is 6.42. The standard InChI is InChI=1S/C21H25Cl2N3O2/c22-19-7-6-17(10-20(19)23)13-26-8-9-28-15-18(14-26)12-25-21(27)24-11-16-4-2-1-3-5-16/h1-7,10,18H,8-9,11-15H2,(H2,24,25,27). The van der Waals surface area contributed by atoms with Crippen LogP contribution in [0.15, 0.2) is 48.5 Å². The van der Waals surface area contributed by atoms with E-state index in [0.29, 0.717) is 36.3 Å². The minimum absolute atomic E-state index is 0.163. The molecule has 0 saturated carbocycles. The van der Waals surface area contributed by atoms with Crippen molar-refractivity contribution < 1.29 is 9.53 Å². The Morgan fingerprint density at radius 2 is 1.89 bits per heavy atom. The molecule has 1 aliphatic rings. The normalized spacial score (nSPS) is 17.7. The summed E-state index contributed by atoms with van der Waals surface area (Å²) in [6.45, 7) is 4.86. The van der Waals surface area contributed by atoms with Crippen molar-refractivity contribution in [2.75, 3.05) is 32.8 Å². The largest absolute Gasteiger partial charge is 0.380 e. The first kappa shape index (κ1) is 20.9. The topological polar surface area (TPSA) is 53.6 Å². The summed E-state index contributed by atoms with van der Waals surface area (Å²) in [4.78, 5) is 14.4. The van der Waals surface area contributed by atoms with Crippen LogP contribution in [0.5, 0.6) is 0 Å². The summed E-state index contributed by atoms with van der Waals surface area (Å²) < 4.78 is 5.72. The zero-order valence-electron chi connectivity index (χ0n) is 15.7. The van der Waals surface area contributed by atoms with Crippen LogP contribution < -0.4 is 10.6 Å². The van der Waals surface area contributed by atoms with Crippen LogP contribution in [-0.4, -0.2) is 43.8 Å². The summed E-state index contributed by atoms with van der Waals surface area (Å²) in [5, 5.41) is 6.97. The number of urea groups is 1. The molecule has 0 radical (unpaired) electrons. The van der Waals surface area contributed by atoms with Crippen LogP contribution in [-0.2, 0) is 17.8 Å². The Hall–Kier alpha value is -1.79. The van der Waals surface area contributed by atoms with Gasteiger partial charge in [-0.15, -0.1) is 0 Å². The molecule has 2 N–H and O–H groups in total. The van der Waals surface area contributed by atoms with E-state index in [0.717, 1.165) is 30.8 Å². The molecule has 1 unspecified atom stereocenters. The highest BCUT2D eigenvalue weighted by Crippen LogP contribution is 2.23. The van der Waals surface area contributed by atoms with Crippen LogP contribution in [0.3, 0.4) is 0 Å². The SMILES string of the molecule is O=C(NCc1ccccc1)NCC1COCCN(Cc2ccc(Cl)c(Cl)c2)C1. The fourth-order valence-corrected chi connectivity index (χ4v) is 3.51. The van der Waals surface area contributed by atoms with Crippen molar-refractivity contribution in [3.05, 3.63) is 69.7 Å². The number of rotatable bonds is 6. The molecule has 7 heteroatoms. The zero-order valence-corrected chi connectivity index (χ0v) is 17.2. The zero-order chi connectivity index (χ0) is 19.8. The molecule has 3 rings (SSSR count). The molecule has 0 aromatic heterocycles. The van der Waals surface area contributed by atoms with Gasteiger partial charge in [0.15, 0.2) is 0 Å². The number of ether oxygens (including phenoxy) is 1. The van der Waals surface area contributed by atoms with Crippen LogP contribution in [0.2, 0.25) is 10.0 Å². The van der Waals surface area contributed by atoms with Gasteiger partial charge in [-0.1, -0.05) is 59.6 Å². The Balaban J connectivity index is 1.45. The molecule has 1 atom stereocenters. The van der Waals surface area contributed by atoms with Crippen LogP contribution in [0.1, 0.15) is 11.1 Å². The summed E-state index contributed by atoms with van der Waals surface area (Å²) in [7, 11) is 0. The molecule has 150 valence electrons. The van der Waals surface area contributed by atoms with Gasteiger partial charge in [0.25, 0.3) is 0 Å². The first-order valence-corrected chi connectivity index (χ1v) is 10.2. The second kappa shape index (κ2) is 10.7. The lowest BCUT2D eigenvalue weighted by Gasteiger charge is -2.23. The number of amides is 2. The fourth-order valence-electron chi connectivity index (χ4n) is 3.19. The molecule has 0 aliphatic carbocycles. The first-order valence-electron chi connectivity index (χ1n) is 9.40. The second-order valence-electron chi connectivity index (χ2n) is 6.97. The molecule has 2 amide bonds. The number of benzene rings is 2. The Morgan fingerprint density at radius 1 is 1.07 bits per heavy atom. The van der Waals surface area contributed by atoms with Gasteiger partial charge in [0.05, 0.1) is 23.3 Å². The maximum Gasteiger partial charge on any atom is 0.315 e. The van der Waals surface area contributed by atoms with Gasteiger partial charge in [0, 0.05) is 38.6 Å². The lowest BCUT2D eigenvalue weighted by molar-refractivity contribution is 0.121. The van der Waals surface area contributed by atoms with E-state index in [-0.39, 0.29) is 11.9 Å². The number of nitrogens with one attached hydrogen (secondary N) is 2. The van der Waals surface area contributed by atoms with Crippen LogP contribution in [0, 0.1) is 5.92 Å².